The van der Waals surface area contributed by atoms with E-state index in [2.05, 4.69) is 31.2 Å². The fraction of sp³-hybridized carbons (Fsp3) is 0.0800. The van der Waals surface area contributed by atoms with E-state index in [0.717, 1.165) is 5.69 Å². The molecule has 5 rings (SSSR count). The van der Waals surface area contributed by atoms with E-state index in [0.29, 0.717) is 45.0 Å². The summed E-state index contributed by atoms with van der Waals surface area (Å²) in [5.41, 5.74) is 4.39. The number of rotatable bonds is 6. The number of carbonyl (C=O) groups excluding carboxylic acids is 3. The fourth-order valence-corrected chi connectivity index (χ4v) is 3.73. The molecule has 0 radical (unpaired) electrons. The lowest BCUT2D eigenvalue weighted by molar-refractivity contribution is -0.110. The van der Waals surface area contributed by atoms with Crippen molar-refractivity contribution in [2.24, 2.45) is 7.05 Å². The van der Waals surface area contributed by atoms with Crippen LogP contribution in [0.5, 0.6) is 0 Å². The molecule has 0 saturated carbocycles. The summed E-state index contributed by atoms with van der Waals surface area (Å²) >= 11 is 0. The third kappa shape index (κ3) is 4.44. The minimum Gasteiger partial charge on any atom is -0.346 e. The molecule has 0 unspecified atom stereocenters. The summed E-state index contributed by atoms with van der Waals surface area (Å²) in [6.45, 7) is 1.85. The summed E-state index contributed by atoms with van der Waals surface area (Å²) in [5, 5.41) is 19.5. The first-order chi connectivity index (χ1) is 16.9. The standard InChI is InChI=1S/C25H21N7O3/c1-14-9-22(31-30-14)26-12-20-19-10-16(5-8-21(19)29-25(20)35)23(33)15-3-6-18(7-4-15)28-24(34)17-11-27-32(2)13-17/h3-13H,1-2H3,(H,28,34)(H,29,35)(H2,26,30,31)/b20-12-. The second-order valence-corrected chi connectivity index (χ2v) is 8.10. The maximum Gasteiger partial charge on any atom is 0.258 e. The molecule has 2 aromatic heterocycles. The summed E-state index contributed by atoms with van der Waals surface area (Å²) in [6.07, 6.45) is 4.69. The van der Waals surface area contributed by atoms with Crippen LogP contribution >= 0.6 is 0 Å². The molecule has 1 aliphatic heterocycles. The van der Waals surface area contributed by atoms with Gasteiger partial charge < -0.3 is 16.0 Å². The molecule has 4 aromatic rings. The fourth-order valence-electron chi connectivity index (χ4n) is 3.73. The Balaban J connectivity index is 1.33. The molecule has 0 fully saturated rings. The van der Waals surface area contributed by atoms with Crippen LogP contribution in [0.4, 0.5) is 17.2 Å². The normalized spacial score (nSPS) is 13.4. The average molecular weight is 467 g/mol. The monoisotopic (exact) mass is 467 g/mol. The van der Waals surface area contributed by atoms with Gasteiger partial charge in [0.25, 0.3) is 11.8 Å². The Kier molecular flexibility index (Phi) is 5.46. The molecule has 2 amide bonds. The highest BCUT2D eigenvalue weighted by molar-refractivity contribution is 6.32. The first-order valence-electron chi connectivity index (χ1n) is 10.8. The van der Waals surface area contributed by atoms with Crippen LogP contribution in [0.2, 0.25) is 0 Å². The van der Waals surface area contributed by atoms with Crippen molar-refractivity contribution in [3.05, 3.63) is 95.1 Å². The Hall–Kier alpha value is -4.99. The van der Waals surface area contributed by atoms with Gasteiger partial charge in [0.05, 0.1) is 23.0 Å². The number of benzene rings is 2. The van der Waals surface area contributed by atoms with Crippen LogP contribution in [-0.4, -0.2) is 37.6 Å². The second kappa shape index (κ2) is 8.75. The number of carbonyl (C=O) groups is 3. The summed E-state index contributed by atoms with van der Waals surface area (Å²) in [4.78, 5) is 37.9. The van der Waals surface area contributed by atoms with Gasteiger partial charge in [0.15, 0.2) is 5.78 Å². The van der Waals surface area contributed by atoms with E-state index in [4.69, 9.17) is 0 Å². The molecule has 4 N–H and O–H groups in total. The molecule has 3 heterocycles. The van der Waals surface area contributed by atoms with Gasteiger partial charge >= 0.3 is 0 Å². The topological polar surface area (TPSA) is 134 Å². The molecule has 35 heavy (non-hydrogen) atoms. The minimum atomic E-state index is -0.286. The third-order valence-electron chi connectivity index (χ3n) is 5.51. The number of anilines is 3. The van der Waals surface area contributed by atoms with E-state index < -0.39 is 0 Å². The van der Waals surface area contributed by atoms with Gasteiger partial charge in [-0.05, 0) is 49.4 Å². The molecule has 1 aliphatic rings. The van der Waals surface area contributed by atoms with Crippen molar-refractivity contribution in [2.75, 3.05) is 16.0 Å². The summed E-state index contributed by atoms with van der Waals surface area (Å²) < 4.78 is 1.55. The first-order valence-corrected chi connectivity index (χ1v) is 10.8. The number of ketones is 1. The molecular weight excluding hydrogens is 446 g/mol. The Bertz CT molecular complexity index is 1500. The van der Waals surface area contributed by atoms with Crippen molar-refractivity contribution < 1.29 is 14.4 Å². The molecule has 10 heteroatoms. The van der Waals surface area contributed by atoms with Gasteiger partial charge in [0.1, 0.15) is 5.82 Å². The molecular formula is C25H21N7O3. The Morgan fingerprint density at radius 1 is 1.03 bits per heavy atom. The molecule has 0 aliphatic carbocycles. The van der Waals surface area contributed by atoms with Crippen LogP contribution in [-0.2, 0) is 11.8 Å². The molecule has 2 aromatic carbocycles. The SMILES string of the molecule is Cc1cc(N/C=C2\C(=O)Nc3ccc(C(=O)c4ccc(NC(=O)c5cnn(C)c5)cc4)cc32)[nH]n1. The number of hydrogen-bond acceptors (Lipinski definition) is 6. The van der Waals surface area contributed by atoms with Crippen molar-refractivity contribution in [3.63, 3.8) is 0 Å². The molecule has 0 bridgehead atoms. The highest BCUT2D eigenvalue weighted by atomic mass is 16.2. The molecule has 174 valence electrons. The predicted molar refractivity (Wildman–Crippen MR) is 131 cm³/mol. The van der Waals surface area contributed by atoms with Crippen LogP contribution < -0.4 is 16.0 Å². The lowest BCUT2D eigenvalue weighted by Gasteiger charge is -2.07. The predicted octanol–water partition coefficient (Wildman–Crippen LogP) is 3.34. The van der Waals surface area contributed by atoms with Gasteiger partial charge in [-0.2, -0.15) is 10.2 Å². The molecule has 0 atom stereocenters. The average Bonchev–Trinajstić information content (AvgIpc) is 3.55. The zero-order valence-corrected chi connectivity index (χ0v) is 18.9. The van der Waals surface area contributed by atoms with Crippen LogP contribution in [0.1, 0.15) is 37.5 Å². The van der Waals surface area contributed by atoms with Gasteiger partial charge in [-0.25, -0.2) is 0 Å². The van der Waals surface area contributed by atoms with E-state index >= 15 is 0 Å². The highest BCUT2D eigenvalue weighted by Crippen LogP contribution is 2.33. The van der Waals surface area contributed by atoms with Crippen LogP contribution in [0, 0.1) is 6.92 Å². The van der Waals surface area contributed by atoms with Crippen molar-refractivity contribution >= 4 is 40.4 Å². The van der Waals surface area contributed by atoms with Crippen molar-refractivity contribution in [2.45, 2.75) is 6.92 Å². The number of fused-ring (bicyclic) bond motifs is 1. The number of nitrogens with zero attached hydrogens (tertiary/aromatic N) is 3. The Morgan fingerprint density at radius 2 is 1.80 bits per heavy atom. The summed E-state index contributed by atoms with van der Waals surface area (Å²) in [5.74, 6) is -0.0961. The number of amides is 2. The number of aryl methyl sites for hydroxylation is 2. The number of H-pyrrole nitrogens is 1. The van der Waals surface area contributed by atoms with E-state index in [9.17, 15) is 14.4 Å². The van der Waals surface area contributed by atoms with Crippen molar-refractivity contribution in [3.8, 4) is 0 Å². The quantitative estimate of drug-likeness (QED) is 0.254. The van der Waals surface area contributed by atoms with Crippen LogP contribution in [0.25, 0.3) is 5.57 Å². The van der Waals surface area contributed by atoms with Crippen molar-refractivity contribution in [1.29, 1.82) is 0 Å². The van der Waals surface area contributed by atoms with Gasteiger partial charge in [0, 0.05) is 53.6 Å². The number of nitrogens with one attached hydrogen (secondary N) is 4. The lowest BCUT2D eigenvalue weighted by atomic mass is 9.98. The van der Waals surface area contributed by atoms with Crippen LogP contribution in [0.15, 0.2) is 67.1 Å². The van der Waals surface area contributed by atoms with E-state index in [1.165, 1.54) is 6.20 Å². The van der Waals surface area contributed by atoms with Gasteiger partial charge in [-0.15, -0.1) is 0 Å². The molecule has 10 nitrogen and oxygen atoms in total. The Labute approximate surface area is 200 Å². The number of aromatic nitrogens is 4. The van der Waals surface area contributed by atoms with Gasteiger partial charge in [-0.3, -0.25) is 24.2 Å². The number of aromatic amines is 1. The third-order valence-corrected chi connectivity index (χ3v) is 5.51. The second-order valence-electron chi connectivity index (χ2n) is 8.10. The minimum absolute atomic E-state index is 0.200. The van der Waals surface area contributed by atoms with Crippen LogP contribution in [0.3, 0.4) is 0 Å². The first kappa shape index (κ1) is 21.8. The van der Waals surface area contributed by atoms with E-state index in [-0.39, 0.29) is 17.6 Å². The largest absolute Gasteiger partial charge is 0.346 e. The maximum absolute atomic E-state index is 13.1. The zero-order valence-electron chi connectivity index (χ0n) is 18.9. The smallest absolute Gasteiger partial charge is 0.258 e. The van der Waals surface area contributed by atoms with E-state index in [1.54, 1.807) is 66.6 Å². The van der Waals surface area contributed by atoms with E-state index in [1.807, 2.05) is 13.0 Å². The molecule has 0 spiro atoms. The molecule has 0 saturated heterocycles. The van der Waals surface area contributed by atoms with Crippen molar-refractivity contribution in [1.82, 2.24) is 20.0 Å². The highest BCUT2D eigenvalue weighted by Gasteiger charge is 2.25. The van der Waals surface area contributed by atoms with Gasteiger partial charge in [0.2, 0.25) is 0 Å². The summed E-state index contributed by atoms with van der Waals surface area (Å²) in [7, 11) is 1.73. The van der Waals surface area contributed by atoms with Gasteiger partial charge in [-0.1, -0.05) is 0 Å². The zero-order chi connectivity index (χ0) is 24.5. The lowest BCUT2D eigenvalue weighted by Crippen LogP contribution is -2.11. The Morgan fingerprint density at radius 3 is 2.49 bits per heavy atom. The summed E-state index contributed by atoms with van der Waals surface area (Å²) in [6, 6.07) is 13.5. The number of hydrogen-bond donors (Lipinski definition) is 4. The maximum atomic E-state index is 13.1.